The monoisotopic (exact) mass is 362 g/mol. The molecule has 9 nitrogen and oxygen atoms in total. The largest absolute Gasteiger partial charge is 0.386 e. The fourth-order valence-electron chi connectivity index (χ4n) is 2.57. The first-order chi connectivity index (χ1) is 11.5. The van der Waals surface area contributed by atoms with Crippen molar-refractivity contribution in [3.05, 3.63) is 32.6 Å². The molecule has 2 rings (SSSR count). The third kappa shape index (κ3) is 2.94. The van der Waals surface area contributed by atoms with Crippen LogP contribution in [0.4, 0.5) is 8.78 Å². The van der Waals surface area contributed by atoms with E-state index in [0.717, 1.165) is 13.8 Å². The van der Waals surface area contributed by atoms with Crippen LogP contribution in [0.25, 0.3) is 0 Å². The number of nitrogens with zero attached hydrogens (tertiary/aromatic N) is 1. The summed E-state index contributed by atoms with van der Waals surface area (Å²) in [4.78, 5) is 48.7. The van der Waals surface area contributed by atoms with Crippen molar-refractivity contribution in [3.8, 4) is 0 Å². The first kappa shape index (κ1) is 19.1. The first-order valence-corrected chi connectivity index (χ1v) is 7.20. The van der Waals surface area contributed by atoms with Crippen LogP contribution in [0, 0.1) is 0 Å². The zero-order valence-corrected chi connectivity index (χ0v) is 13.2. The van der Waals surface area contributed by atoms with Gasteiger partial charge in [-0.05, 0) is 13.8 Å². The van der Waals surface area contributed by atoms with Crippen molar-refractivity contribution >= 4 is 11.6 Å². The number of aliphatic hydroxyl groups is 2. The summed E-state index contributed by atoms with van der Waals surface area (Å²) in [5.74, 6) is -2.34. The molecular weight excluding hydrogens is 346 g/mol. The lowest BCUT2D eigenvalue weighted by atomic mass is 9.86. The molecule has 1 aliphatic rings. The number of carbonyl (C=O) groups excluding carboxylic acids is 2. The van der Waals surface area contributed by atoms with Gasteiger partial charge in [-0.1, -0.05) is 0 Å². The summed E-state index contributed by atoms with van der Waals surface area (Å²) >= 11 is 0. The molecule has 0 spiro atoms. The van der Waals surface area contributed by atoms with Crippen molar-refractivity contribution in [1.82, 2.24) is 9.55 Å². The van der Waals surface area contributed by atoms with Gasteiger partial charge in [0.05, 0.1) is 5.56 Å². The summed E-state index contributed by atoms with van der Waals surface area (Å²) in [6, 6.07) is 0. The lowest BCUT2D eigenvalue weighted by Gasteiger charge is -2.26. The fraction of sp³-hybridized carbons (Fsp3) is 0.571. The van der Waals surface area contributed by atoms with Gasteiger partial charge in [-0.15, -0.1) is 0 Å². The van der Waals surface area contributed by atoms with E-state index in [2.05, 4.69) is 0 Å². The van der Waals surface area contributed by atoms with Crippen molar-refractivity contribution in [2.75, 3.05) is 0 Å². The van der Waals surface area contributed by atoms with E-state index >= 15 is 0 Å². The molecule has 1 fully saturated rings. The van der Waals surface area contributed by atoms with Gasteiger partial charge in [0.25, 0.3) is 5.56 Å². The number of carbonyl (C=O) groups is 2. The molecule has 2 heterocycles. The Morgan fingerprint density at radius 1 is 1.48 bits per heavy atom. The molecule has 0 bridgehead atoms. The van der Waals surface area contributed by atoms with Crippen molar-refractivity contribution in [2.45, 2.75) is 50.7 Å². The Hall–Kier alpha value is -2.24. The zero-order valence-electron chi connectivity index (χ0n) is 13.2. The van der Waals surface area contributed by atoms with Gasteiger partial charge in [-0.25, -0.2) is 13.6 Å². The number of hydrogen-bond donors (Lipinski definition) is 3. The predicted octanol–water partition coefficient (Wildman–Crippen LogP) is -1.49. The fourth-order valence-corrected chi connectivity index (χ4v) is 2.57. The maximum absolute atomic E-state index is 14.8. The topological polar surface area (TPSA) is 139 Å². The molecule has 1 aromatic rings. The number of alkyl halides is 2. The zero-order chi connectivity index (χ0) is 19.1. The minimum atomic E-state index is -2.95. The van der Waals surface area contributed by atoms with Gasteiger partial charge in [-0.3, -0.25) is 23.9 Å². The number of ether oxygens (including phenoxy) is 1. The smallest absolute Gasteiger partial charge is 0.330 e. The third-order valence-electron chi connectivity index (χ3n) is 4.04. The molecule has 0 aliphatic carbocycles. The molecule has 138 valence electrons. The van der Waals surface area contributed by atoms with Crippen LogP contribution in [0.1, 0.15) is 25.6 Å². The number of nitrogens with one attached hydrogen (secondary N) is 1. The van der Waals surface area contributed by atoms with Gasteiger partial charge in [0, 0.05) is 6.20 Å². The van der Waals surface area contributed by atoms with E-state index < -0.39 is 65.3 Å². The molecule has 5 atom stereocenters. The van der Waals surface area contributed by atoms with E-state index in [4.69, 9.17) is 4.74 Å². The molecule has 1 aliphatic heterocycles. The van der Waals surface area contributed by atoms with Gasteiger partial charge < -0.3 is 14.9 Å². The van der Waals surface area contributed by atoms with Gasteiger partial charge in [0.2, 0.25) is 0 Å². The first-order valence-electron chi connectivity index (χ1n) is 7.20. The number of aromatic nitrogens is 2. The van der Waals surface area contributed by atoms with Crippen molar-refractivity contribution < 1.29 is 33.3 Å². The molecule has 11 heteroatoms. The highest BCUT2D eigenvalue weighted by molar-refractivity contribution is 5.97. The quantitative estimate of drug-likeness (QED) is 0.580. The number of ketones is 2. The van der Waals surface area contributed by atoms with E-state index in [1.165, 1.54) is 0 Å². The highest BCUT2D eigenvalue weighted by Crippen LogP contribution is 2.40. The molecule has 0 saturated carbocycles. The molecule has 1 aromatic heterocycles. The summed E-state index contributed by atoms with van der Waals surface area (Å²) < 4.78 is 33.1. The average molecular weight is 362 g/mol. The number of H-pyrrole nitrogens is 1. The lowest BCUT2D eigenvalue weighted by molar-refractivity contribution is -0.158. The second kappa shape index (κ2) is 6.58. The maximum atomic E-state index is 14.8. The van der Waals surface area contributed by atoms with E-state index in [0.29, 0.717) is 10.8 Å². The van der Waals surface area contributed by atoms with Gasteiger partial charge in [0.15, 0.2) is 35.7 Å². The summed E-state index contributed by atoms with van der Waals surface area (Å²) in [6.07, 6.45) is -7.67. The molecule has 25 heavy (non-hydrogen) atoms. The molecule has 0 amide bonds. The van der Waals surface area contributed by atoms with E-state index in [1.807, 2.05) is 0 Å². The second-order valence-electron chi connectivity index (χ2n) is 5.72. The van der Waals surface area contributed by atoms with Gasteiger partial charge >= 0.3 is 5.69 Å². The Morgan fingerprint density at radius 3 is 2.56 bits per heavy atom. The predicted molar refractivity (Wildman–Crippen MR) is 77.3 cm³/mol. The van der Waals surface area contributed by atoms with Crippen LogP contribution in [0.3, 0.4) is 0 Å². The SMILES string of the molecule is CC(=O)[C@@]1(O)[C@@H](C(=O)C(C)O)O[C@@H](n2cc(CF)c(=O)[nH]c2=O)[C@@H]1F. The Morgan fingerprint density at radius 2 is 2.08 bits per heavy atom. The number of halogens is 2. The van der Waals surface area contributed by atoms with Crippen molar-refractivity contribution in [2.24, 2.45) is 0 Å². The van der Waals surface area contributed by atoms with Crippen LogP contribution in [-0.2, 0) is 21.0 Å². The number of aliphatic hydroxyl groups excluding tert-OH is 1. The van der Waals surface area contributed by atoms with Crippen LogP contribution in [0.15, 0.2) is 15.8 Å². The number of aromatic amines is 1. The van der Waals surface area contributed by atoms with Gasteiger partial charge in [0.1, 0.15) is 12.8 Å². The Labute approximate surface area is 138 Å². The van der Waals surface area contributed by atoms with Crippen LogP contribution in [-0.4, -0.2) is 55.3 Å². The van der Waals surface area contributed by atoms with E-state index in [-0.39, 0.29) is 0 Å². The minimum absolute atomic E-state index is 0.435. The summed E-state index contributed by atoms with van der Waals surface area (Å²) in [5.41, 5.74) is -5.70. The van der Waals surface area contributed by atoms with E-state index in [9.17, 15) is 38.2 Å². The lowest BCUT2D eigenvalue weighted by Crippen LogP contribution is -2.56. The van der Waals surface area contributed by atoms with Crippen LogP contribution >= 0.6 is 0 Å². The van der Waals surface area contributed by atoms with Crippen LogP contribution < -0.4 is 11.2 Å². The number of Topliss-reactive ketones (excluding diaryl/α,β-unsaturated/α-hetero) is 2. The molecule has 1 saturated heterocycles. The Balaban J connectivity index is 2.59. The molecule has 3 N–H and O–H groups in total. The number of rotatable bonds is 5. The van der Waals surface area contributed by atoms with Crippen LogP contribution in [0.2, 0.25) is 0 Å². The van der Waals surface area contributed by atoms with Crippen LogP contribution in [0.5, 0.6) is 0 Å². The maximum Gasteiger partial charge on any atom is 0.330 e. The second-order valence-corrected chi connectivity index (χ2v) is 5.72. The van der Waals surface area contributed by atoms with Crippen molar-refractivity contribution in [1.29, 1.82) is 0 Å². The molecule has 1 unspecified atom stereocenters. The summed E-state index contributed by atoms with van der Waals surface area (Å²) in [5, 5.41) is 19.7. The summed E-state index contributed by atoms with van der Waals surface area (Å²) in [7, 11) is 0. The van der Waals surface area contributed by atoms with Gasteiger partial charge in [-0.2, -0.15) is 0 Å². The highest BCUT2D eigenvalue weighted by Gasteiger charge is 2.63. The normalized spacial score (nSPS) is 30.2. The third-order valence-corrected chi connectivity index (χ3v) is 4.04. The standard InChI is InChI=1S/C14H16F2N2O7/c1-5(19)8(21)10-14(24,6(2)20)9(16)12(25-10)18-4-7(3-15)11(22)17-13(18)23/h4-5,9-10,12,19,24H,3H2,1-2H3,(H,17,22,23)/t5?,9-,10+,12+,14-/m0/s1. The Kier molecular flexibility index (Phi) is 5.02. The highest BCUT2D eigenvalue weighted by atomic mass is 19.1. The minimum Gasteiger partial charge on any atom is -0.386 e. The average Bonchev–Trinajstić information content (AvgIpc) is 2.80. The summed E-state index contributed by atoms with van der Waals surface area (Å²) in [6.45, 7) is 0.565. The van der Waals surface area contributed by atoms with Crippen molar-refractivity contribution in [3.63, 3.8) is 0 Å². The number of hydrogen-bond acceptors (Lipinski definition) is 7. The van der Waals surface area contributed by atoms with E-state index in [1.54, 1.807) is 4.98 Å². The molecule has 0 aromatic carbocycles. The Bertz CT molecular complexity index is 818. The molecular formula is C14H16F2N2O7. The molecule has 0 radical (unpaired) electrons.